The Morgan fingerprint density at radius 2 is 2.36 bits per heavy atom. The van der Waals surface area contributed by atoms with Gasteiger partial charge >= 0.3 is 6.03 Å². The monoisotopic (exact) mass is 167 g/mol. The lowest BCUT2D eigenvalue weighted by Gasteiger charge is -2.14. The first-order chi connectivity index (χ1) is 5.27. The van der Waals surface area contributed by atoms with Crippen molar-refractivity contribution in [2.45, 2.75) is 0 Å². The van der Waals surface area contributed by atoms with Crippen LogP contribution in [0.4, 0.5) is 9.80 Å². The van der Waals surface area contributed by atoms with Crippen molar-refractivity contribution < 1.29 is 4.79 Å². The smallest absolute Gasteiger partial charge is 0.306 e. The molecule has 5 heteroatoms. The van der Waals surface area contributed by atoms with E-state index in [-0.39, 0.29) is 6.03 Å². The lowest BCUT2D eigenvalue weighted by atomic mass is 10.3. The Hall–Kier alpha value is -1.36. The Balaban J connectivity index is 2.52. The molecule has 1 aliphatic rings. The minimum atomic E-state index is -0.244. The van der Waals surface area contributed by atoms with Crippen LogP contribution in [0.1, 0.15) is 5.69 Å². The van der Waals surface area contributed by atoms with Gasteiger partial charge in [-0.05, 0) is 0 Å². The number of nitrogens with zero attached hydrogens (tertiary/aromatic N) is 1. The quantitative estimate of drug-likeness (QED) is 0.611. The van der Waals surface area contributed by atoms with E-state index in [1.807, 2.05) is 0 Å². The van der Waals surface area contributed by atoms with Crippen LogP contribution < -0.4 is 10.6 Å². The zero-order valence-corrected chi connectivity index (χ0v) is 6.36. The summed E-state index contributed by atoms with van der Waals surface area (Å²) in [6.07, 6.45) is 0. The highest BCUT2D eigenvalue weighted by atomic mass is 32.1. The van der Waals surface area contributed by atoms with Crippen molar-refractivity contribution in [3.8, 4) is 0 Å². The van der Waals surface area contributed by atoms with Crippen molar-refractivity contribution in [3.63, 3.8) is 0 Å². The van der Waals surface area contributed by atoms with Gasteiger partial charge in [-0.15, -0.1) is 11.3 Å². The molecule has 1 aliphatic heterocycles. The van der Waals surface area contributed by atoms with Gasteiger partial charge in [0.15, 0.2) is 0 Å². The van der Waals surface area contributed by atoms with Gasteiger partial charge < -0.3 is 5.32 Å². The van der Waals surface area contributed by atoms with Crippen LogP contribution in [0.15, 0.2) is 12.1 Å². The Bertz CT molecular complexity index is 330. The molecule has 56 valence electrons. The molecule has 2 amide bonds. The Kier molecular flexibility index (Phi) is 1.19. The predicted octanol–water partition coefficient (Wildman–Crippen LogP) is 1.25. The van der Waals surface area contributed by atoms with E-state index in [9.17, 15) is 4.79 Å². The van der Waals surface area contributed by atoms with E-state index in [4.69, 9.17) is 0 Å². The minimum absolute atomic E-state index is 0.244. The average molecular weight is 167 g/mol. The molecular weight excluding hydrogens is 162 g/mol. The summed E-state index contributed by atoms with van der Waals surface area (Å²) in [6.45, 7) is 3.65. The number of amides is 2. The molecule has 11 heavy (non-hydrogen) atoms. The molecule has 0 saturated heterocycles. The van der Waals surface area contributed by atoms with Crippen molar-refractivity contribution in [3.05, 3.63) is 17.8 Å². The molecule has 0 atom stereocenters. The van der Waals surface area contributed by atoms with Crippen molar-refractivity contribution in [1.82, 2.24) is 10.3 Å². The molecule has 0 unspecified atom stereocenters. The minimum Gasteiger partial charge on any atom is -0.306 e. The first-order valence-corrected chi connectivity index (χ1v) is 3.86. The third-order valence-corrected chi connectivity index (χ3v) is 2.09. The van der Waals surface area contributed by atoms with Crippen LogP contribution in [0, 0.1) is 0 Å². The van der Waals surface area contributed by atoms with Crippen molar-refractivity contribution in [1.29, 1.82) is 0 Å². The fraction of sp³-hybridized carbons (Fsp3) is 0. The summed E-state index contributed by atoms with van der Waals surface area (Å²) >= 11 is 1.39. The van der Waals surface area contributed by atoms with Crippen LogP contribution in [0.3, 0.4) is 0 Å². The second kappa shape index (κ2) is 2.06. The Labute approximate surface area is 67.0 Å². The highest BCUT2D eigenvalue weighted by Crippen LogP contribution is 2.27. The van der Waals surface area contributed by atoms with Crippen LogP contribution in [0.2, 0.25) is 0 Å². The standard InChI is InChI=1S/C6H5N3OS/c1-3-4-5(11-2-7-4)9-6(10)8-3/h2H,1H2,(H2,8,9,10). The number of urea groups is 1. The molecule has 1 aromatic heterocycles. The molecule has 0 saturated carbocycles. The van der Waals surface area contributed by atoms with Crippen LogP contribution in [-0.2, 0) is 0 Å². The number of aromatic nitrogens is 1. The van der Waals surface area contributed by atoms with Gasteiger partial charge in [0, 0.05) is 0 Å². The lowest BCUT2D eigenvalue weighted by molar-refractivity contribution is 0.255. The first kappa shape index (κ1) is 6.36. The third-order valence-electron chi connectivity index (χ3n) is 1.34. The summed E-state index contributed by atoms with van der Waals surface area (Å²) in [7, 11) is 0. The molecule has 2 N–H and O–H groups in total. The van der Waals surface area contributed by atoms with Crippen LogP contribution in [-0.4, -0.2) is 11.0 Å². The summed E-state index contributed by atoms with van der Waals surface area (Å²) < 4.78 is 0. The van der Waals surface area contributed by atoms with Gasteiger partial charge in [0.05, 0.1) is 11.2 Å². The van der Waals surface area contributed by atoms with E-state index in [0.717, 1.165) is 10.7 Å². The first-order valence-electron chi connectivity index (χ1n) is 2.98. The van der Waals surface area contributed by atoms with Crippen molar-refractivity contribution in [2.24, 2.45) is 0 Å². The number of anilines is 1. The maximum atomic E-state index is 10.8. The van der Waals surface area contributed by atoms with E-state index in [1.54, 1.807) is 5.51 Å². The van der Waals surface area contributed by atoms with E-state index >= 15 is 0 Å². The number of hydrogen-bond acceptors (Lipinski definition) is 3. The fourth-order valence-corrected chi connectivity index (χ4v) is 1.58. The number of rotatable bonds is 0. The molecular formula is C6H5N3OS. The van der Waals surface area contributed by atoms with Gasteiger partial charge in [0.2, 0.25) is 0 Å². The number of fused-ring (bicyclic) bond motifs is 1. The molecule has 0 radical (unpaired) electrons. The summed E-state index contributed by atoms with van der Waals surface area (Å²) in [5.41, 5.74) is 2.96. The molecule has 4 nitrogen and oxygen atoms in total. The second-order valence-corrected chi connectivity index (χ2v) is 2.94. The fourth-order valence-electron chi connectivity index (χ4n) is 0.880. The molecule has 0 spiro atoms. The molecule has 0 bridgehead atoms. The SMILES string of the molecule is C=C1NC(=O)Nc2scnc21. The maximum Gasteiger partial charge on any atom is 0.324 e. The third kappa shape index (κ3) is 0.894. The van der Waals surface area contributed by atoms with Gasteiger partial charge in [-0.3, -0.25) is 5.32 Å². The largest absolute Gasteiger partial charge is 0.324 e. The normalized spacial score (nSPS) is 15.3. The number of carbonyl (C=O) groups is 1. The van der Waals surface area contributed by atoms with E-state index in [0.29, 0.717) is 5.70 Å². The molecule has 2 heterocycles. The van der Waals surface area contributed by atoms with Gasteiger partial charge in [0.25, 0.3) is 0 Å². The van der Waals surface area contributed by atoms with Gasteiger partial charge in [0.1, 0.15) is 10.7 Å². The average Bonchev–Trinajstić information content (AvgIpc) is 2.34. The summed E-state index contributed by atoms with van der Waals surface area (Å²) in [4.78, 5) is 14.8. The molecule has 0 fully saturated rings. The van der Waals surface area contributed by atoms with Gasteiger partial charge in [-0.25, -0.2) is 9.78 Å². The molecule has 2 rings (SSSR count). The summed E-state index contributed by atoms with van der Waals surface area (Å²) in [5.74, 6) is 0. The van der Waals surface area contributed by atoms with Crippen LogP contribution in [0.5, 0.6) is 0 Å². The second-order valence-electron chi connectivity index (χ2n) is 2.09. The highest BCUT2D eigenvalue weighted by molar-refractivity contribution is 7.14. The number of nitrogens with one attached hydrogen (secondary N) is 2. The Morgan fingerprint density at radius 3 is 3.18 bits per heavy atom. The lowest BCUT2D eigenvalue weighted by Crippen LogP contribution is -2.31. The number of carbonyl (C=O) groups excluding carboxylic acids is 1. The maximum absolute atomic E-state index is 10.8. The van der Waals surface area contributed by atoms with E-state index in [1.165, 1.54) is 11.3 Å². The predicted molar refractivity (Wildman–Crippen MR) is 43.3 cm³/mol. The van der Waals surface area contributed by atoms with Crippen molar-refractivity contribution >= 4 is 28.1 Å². The summed E-state index contributed by atoms with van der Waals surface area (Å²) in [6, 6.07) is -0.244. The van der Waals surface area contributed by atoms with Gasteiger partial charge in [-0.2, -0.15) is 0 Å². The molecule has 1 aromatic rings. The molecule has 0 aliphatic carbocycles. The van der Waals surface area contributed by atoms with Gasteiger partial charge in [-0.1, -0.05) is 6.58 Å². The van der Waals surface area contributed by atoms with Crippen LogP contribution >= 0.6 is 11.3 Å². The van der Waals surface area contributed by atoms with Crippen LogP contribution in [0.25, 0.3) is 5.70 Å². The van der Waals surface area contributed by atoms with E-state index < -0.39 is 0 Å². The molecule has 0 aromatic carbocycles. The zero-order valence-electron chi connectivity index (χ0n) is 5.55. The number of hydrogen-bond donors (Lipinski definition) is 2. The summed E-state index contributed by atoms with van der Waals surface area (Å²) in [5, 5.41) is 5.90. The topological polar surface area (TPSA) is 54.0 Å². The van der Waals surface area contributed by atoms with E-state index in [2.05, 4.69) is 22.2 Å². The zero-order chi connectivity index (χ0) is 7.84. The van der Waals surface area contributed by atoms with Crippen molar-refractivity contribution in [2.75, 3.05) is 5.32 Å². The Morgan fingerprint density at radius 1 is 1.55 bits per heavy atom. The highest BCUT2D eigenvalue weighted by Gasteiger charge is 2.18. The number of thiazole rings is 1.